The van der Waals surface area contributed by atoms with E-state index in [1.807, 2.05) is 6.92 Å². The number of amides is 1. The van der Waals surface area contributed by atoms with Crippen LogP contribution in [0.5, 0.6) is 0 Å². The van der Waals surface area contributed by atoms with Crippen LogP contribution in [0.25, 0.3) is 0 Å². The average Bonchev–Trinajstić information content (AvgIpc) is 2.90. The first-order chi connectivity index (χ1) is 12.8. The first-order valence-electron chi connectivity index (χ1n) is 8.60. The fourth-order valence-corrected chi connectivity index (χ4v) is 4.78. The van der Waals surface area contributed by atoms with Crippen LogP contribution in [0.3, 0.4) is 0 Å². The number of sulfonamides is 1. The molecule has 8 heteroatoms. The maximum Gasteiger partial charge on any atom is 0.253 e. The van der Waals surface area contributed by atoms with Crippen LogP contribution in [0.4, 0.5) is 0 Å². The van der Waals surface area contributed by atoms with Gasteiger partial charge < -0.3 is 4.90 Å². The summed E-state index contributed by atoms with van der Waals surface area (Å²) in [6, 6.07) is 11.6. The molecule has 1 saturated heterocycles. The van der Waals surface area contributed by atoms with Crippen molar-refractivity contribution in [2.75, 3.05) is 26.2 Å². The Morgan fingerprint density at radius 3 is 2.30 bits per heavy atom. The van der Waals surface area contributed by atoms with E-state index in [2.05, 4.69) is 0 Å². The van der Waals surface area contributed by atoms with E-state index in [0.29, 0.717) is 41.7 Å². The van der Waals surface area contributed by atoms with Crippen molar-refractivity contribution in [2.24, 2.45) is 0 Å². The lowest BCUT2D eigenvalue weighted by molar-refractivity contribution is 0.0764. The number of aryl methyl sites for hydroxylation is 1. The normalized spacial score (nSPS) is 16.2. The van der Waals surface area contributed by atoms with Crippen LogP contribution >= 0.6 is 23.2 Å². The minimum absolute atomic E-state index is 0.178. The summed E-state index contributed by atoms with van der Waals surface area (Å²) in [7, 11) is -3.57. The standard InChI is InChI=1S/C19H20Cl2N2O3S/c1-14-3-6-16(7-4-14)27(25,26)23-10-2-9-22(11-12-23)19(24)15-5-8-17(20)18(21)13-15/h3-8,13H,2,9-12H2,1H3. The molecule has 1 fully saturated rings. The van der Waals surface area contributed by atoms with Gasteiger partial charge in [-0.2, -0.15) is 4.31 Å². The highest BCUT2D eigenvalue weighted by molar-refractivity contribution is 7.89. The van der Waals surface area contributed by atoms with Crippen LogP contribution in [0.15, 0.2) is 47.4 Å². The van der Waals surface area contributed by atoms with Crippen molar-refractivity contribution in [1.82, 2.24) is 9.21 Å². The number of carbonyl (C=O) groups excluding carboxylic acids is 1. The van der Waals surface area contributed by atoms with Crippen molar-refractivity contribution in [3.05, 3.63) is 63.6 Å². The summed E-state index contributed by atoms with van der Waals surface area (Å²) in [6.07, 6.45) is 0.568. The Hall–Kier alpha value is -1.60. The van der Waals surface area contributed by atoms with Gasteiger partial charge in [-0.1, -0.05) is 40.9 Å². The molecule has 1 amide bonds. The summed E-state index contributed by atoms with van der Waals surface area (Å²) < 4.78 is 27.2. The Balaban J connectivity index is 1.74. The predicted octanol–water partition coefficient (Wildman–Crippen LogP) is 3.84. The second-order valence-electron chi connectivity index (χ2n) is 6.49. The van der Waals surface area contributed by atoms with Gasteiger partial charge in [0.05, 0.1) is 14.9 Å². The van der Waals surface area contributed by atoms with Crippen LogP contribution in [0.1, 0.15) is 22.3 Å². The second kappa shape index (κ2) is 8.19. The van der Waals surface area contributed by atoms with Crippen LogP contribution in [-0.2, 0) is 10.0 Å². The van der Waals surface area contributed by atoms with E-state index < -0.39 is 10.0 Å². The number of hydrogen-bond acceptors (Lipinski definition) is 3. The predicted molar refractivity (Wildman–Crippen MR) is 107 cm³/mol. The summed E-state index contributed by atoms with van der Waals surface area (Å²) in [5.74, 6) is -0.178. The van der Waals surface area contributed by atoms with E-state index in [1.165, 1.54) is 10.4 Å². The van der Waals surface area contributed by atoms with E-state index in [9.17, 15) is 13.2 Å². The number of benzene rings is 2. The van der Waals surface area contributed by atoms with Gasteiger partial charge >= 0.3 is 0 Å². The lowest BCUT2D eigenvalue weighted by Crippen LogP contribution is -2.37. The topological polar surface area (TPSA) is 57.7 Å². The van der Waals surface area contributed by atoms with Gasteiger partial charge in [0.2, 0.25) is 10.0 Å². The van der Waals surface area contributed by atoms with Crippen molar-refractivity contribution in [3.8, 4) is 0 Å². The molecule has 2 aromatic rings. The number of halogens is 2. The summed E-state index contributed by atoms with van der Waals surface area (Å²) in [6.45, 7) is 3.35. The first kappa shape index (κ1) is 20.1. The Labute approximate surface area is 169 Å². The maximum atomic E-state index is 12.9. The molecule has 5 nitrogen and oxygen atoms in total. The molecule has 0 bridgehead atoms. The van der Waals surface area contributed by atoms with Gasteiger partial charge in [-0.05, 0) is 43.7 Å². The molecule has 0 spiro atoms. The van der Waals surface area contributed by atoms with Crippen molar-refractivity contribution in [2.45, 2.75) is 18.2 Å². The Kier molecular flexibility index (Phi) is 6.11. The van der Waals surface area contributed by atoms with E-state index in [-0.39, 0.29) is 17.3 Å². The van der Waals surface area contributed by atoms with Crippen LogP contribution in [-0.4, -0.2) is 49.7 Å². The van der Waals surface area contributed by atoms with Gasteiger partial charge in [-0.15, -0.1) is 0 Å². The Morgan fingerprint density at radius 2 is 1.63 bits per heavy atom. The Bertz CT molecular complexity index is 946. The number of hydrogen-bond donors (Lipinski definition) is 0. The van der Waals surface area contributed by atoms with Gasteiger partial charge in [0.25, 0.3) is 5.91 Å². The number of nitrogens with zero attached hydrogens (tertiary/aromatic N) is 2. The summed E-state index contributed by atoms with van der Waals surface area (Å²) in [4.78, 5) is 14.7. The lowest BCUT2D eigenvalue weighted by atomic mass is 10.2. The van der Waals surface area contributed by atoms with Gasteiger partial charge in [0.1, 0.15) is 0 Å². The zero-order chi connectivity index (χ0) is 19.6. The molecular weight excluding hydrogens is 407 g/mol. The molecule has 1 heterocycles. The lowest BCUT2D eigenvalue weighted by Gasteiger charge is -2.22. The zero-order valence-electron chi connectivity index (χ0n) is 14.9. The van der Waals surface area contributed by atoms with Gasteiger partial charge in [-0.25, -0.2) is 8.42 Å². The van der Waals surface area contributed by atoms with Crippen LogP contribution in [0.2, 0.25) is 10.0 Å². The van der Waals surface area contributed by atoms with Crippen molar-refractivity contribution >= 4 is 39.1 Å². The van der Waals surface area contributed by atoms with Crippen molar-refractivity contribution in [1.29, 1.82) is 0 Å². The summed E-state index contributed by atoms with van der Waals surface area (Å²) in [5.41, 5.74) is 1.45. The van der Waals surface area contributed by atoms with Crippen molar-refractivity contribution in [3.63, 3.8) is 0 Å². The average molecular weight is 427 g/mol. The molecule has 0 saturated carbocycles. The quantitative estimate of drug-likeness (QED) is 0.748. The summed E-state index contributed by atoms with van der Waals surface area (Å²) >= 11 is 11.9. The molecule has 0 aromatic heterocycles. The smallest absolute Gasteiger partial charge is 0.253 e. The highest BCUT2D eigenvalue weighted by atomic mass is 35.5. The molecular formula is C19H20Cl2N2O3S. The van der Waals surface area contributed by atoms with E-state index >= 15 is 0 Å². The third-order valence-corrected chi connectivity index (χ3v) is 7.22. The maximum absolute atomic E-state index is 12.9. The van der Waals surface area contributed by atoms with Crippen LogP contribution < -0.4 is 0 Å². The fourth-order valence-electron chi connectivity index (χ4n) is 3.01. The monoisotopic (exact) mass is 426 g/mol. The molecule has 0 atom stereocenters. The minimum Gasteiger partial charge on any atom is -0.337 e. The molecule has 0 N–H and O–H groups in total. The summed E-state index contributed by atoms with van der Waals surface area (Å²) in [5, 5.41) is 0.709. The molecule has 27 heavy (non-hydrogen) atoms. The van der Waals surface area contributed by atoms with E-state index in [0.717, 1.165) is 5.56 Å². The SMILES string of the molecule is Cc1ccc(S(=O)(=O)N2CCCN(C(=O)c3ccc(Cl)c(Cl)c3)CC2)cc1. The molecule has 1 aliphatic rings. The van der Waals surface area contributed by atoms with Gasteiger partial charge in [0, 0.05) is 31.7 Å². The minimum atomic E-state index is -3.57. The molecule has 2 aromatic carbocycles. The molecule has 0 radical (unpaired) electrons. The fraction of sp³-hybridized carbons (Fsp3) is 0.316. The van der Waals surface area contributed by atoms with E-state index in [1.54, 1.807) is 41.3 Å². The molecule has 3 rings (SSSR count). The Morgan fingerprint density at radius 1 is 0.926 bits per heavy atom. The largest absolute Gasteiger partial charge is 0.337 e. The highest BCUT2D eigenvalue weighted by Gasteiger charge is 2.28. The highest BCUT2D eigenvalue weighted by Crippen LogP contribution is 2.24. The third kappa shape index (κ3) is 4.46. The zero-order valence-corrected chi connectivity index (χ0v) is 17.2. The van der Waals surface area contributed by atoms with E-state index in [4.69, 9.17) is 23.2 Å². The number of rotatable bonds is 3. The third-order valence-electron chi connectivity index (χ3n) is 4.57. The molecule has 0 aliphatic carbocycles. The van der Waals surface area contributed by atoms with Gasteiger partial charge in [-0.3, -0.25) is 4.79 Å². The second-order valence-corrected chi connectivity index (χ2v) is 9.24. The van der Waals surface area contributed by atoms with Crippen LogP contribution in [0, 0.1) is 6.92 Å². The van der Waals surface area contributed by atoms with Gasteiger partial charge in [0.15, 0.2) is 0 Å². The first-order valence-corrected chi connectivity index (χ1v) is 10.8. The molecule has 1 aliphatic heterocycles. The molecule has 0 unspecified atom stereocenters. The van der Waals surface area contributed by atoms with Crippen molar-refractivity contribution < 1.29 is 13.2 Å². The number of carbonyl (C=O) groups is 1. The molecule has 144 valence electrons.